The minimum absolute atomic E-state index is 0.147. The average Bonchev–Trinajstić information content (AvgIpc) is 2.86. The molecular weight excluding hydrogens is 228 g/mol. The van der Waals surface area contributed by atoms with Gasteiger partial charge in [-0.3, -0.25) is 0 Å². The van der Waals surface area contributed by atoms with Crippen LogP contribution in [0.3, 0.4) is 0 Å². The van der Waals surface area contributed by atoms with Crippen LogP contribution in [-0.2, 0) is 4.74 Å². The van der Waals surface area contributed by atoms with Crippen LogP contribution >= 0.6 is 0 Å². The monoisotopic (exact) mass is 252 g/mol. The molecule has 4 nitrogen and oxygen atoms in total. The van der Waals surface area contributed by atoms with Gasteiger partial charge in [0.15, 0.2) is 0 Å². The minimum Gasteiger partial charge on any atom is -0.444 e. The van der Waals surface area contributed by atoms with Gasteiger partial charge >= 0.3 is 6.09 Å². The van der Waals surface area contributed by atoms with E-state index in [1.165, 1.54) is 25.7 Å². The lowest BCUT2D eigenvalue weighted by Gasteiger charge is -2.58. The van der Waals surface area contributed by atoms with Crippen molar-refractivity contribution in [1.29, 1.82) is 0 Å². The van der Waals surface area contributed by atoms with E-state index in [4.69, 9.17) is 4.74 Å². The number of nitrogens with one attached hydrogen (secondary N) is 1. The molecule has 0 unspecified atom stereocenters. The lowest BCUT2D eigenvalue weighted by Crippen LogP contribution is -2.67. The van der Waals surface area contributed by atoms with Gasteiger partial charge < -0.3 is 15.0 Å². The largest absolute Gasteiger partial charge is 0.444 e. The van der Waals surface area contributed by atoms with E-state index < -0.39 is 0 Å². The highest BCUT2D eigenvalue weighted by Gasteiger charge is 2.54. The quantitative estimate of drug-likeness (QED) is 0.818. The van der Waals surface area contributed by atoms with Gasteiger partial charge in [-0.25, -0.2) is 4.79 Å². The molecule has 1 aliphatic heterocycles. The molecule has 1 spiro atoms. The van der Waals surface area contributed by atoms with Crippen molar-refractivity contribution < 1.29 is 9.53 Å². The Morgan fingerprint density at radius 1 is 1.22 bits per heavy atom. The zero-order valence-corrected chi connectivity index (χ0v) is 11.7. The van der Waals surface area contributed by atoms with Gasteiger partial charge in [-0.15, -0.1) is 0 Å². The fourth-order valence-electron chi connectivity index (χ4n) is 3.16. The maximum absolute atomic E-state index is 11.8. The summed E-state index contributed by atoms with van der Waals surface area (Å²) in [4.78, 5) is 13.7. The summed E-state index contributed by atoms with van der Waals surface area (Å²) in [5, 5.41) is 3.66. The molecule has 0 aromatic rings. The molecule has 0 atom stereocenters. The van der Waals surface area contributed by atoms with Crippen molar-refractivity contribution in [2.75, 3.05) is 13.1 Å². The summed E-state index contributed by atoms with van der Waals surface area (Å²) in [6, 6.07) is 1.51. The van der Waals surface area contributed by atoms with Crippen LogP contribution in [0.1, 0.15) is 46.5 Å². The normalized spacial score (nSPS) is 26.7. The lowest BCUT2D eigenvalue weighted by molar-refractivity contribution is -0.0830. The molecule has 18 heavy (non-hydrogen) atoms. The van der Waals surface area contributed by atoms with Crippen molar-refractivity contribution in [1.82, 2.24) is 10.2 Å². The summed E-state index contributed by atoms with van der Waals surface area (Å²) in [5.74, 6) is 0. The summed E-state index contributed by atoms with van der Waals surface area (Å²) in [6.45, 7) is 7.54. The molecule has 3 aliphatic rings. The maximum atomic E-state index is 11.8. The van der Waals surface area contributed by atoms with Crippen molar-refractivity contribution in [2.45, 2.75) is 64.1 Å². The van der Waals surface area contributed by atoms with E-state index in [1.54, 1.807) is 0 Å². The van der Waals surface area contributed by atoms with Crippen molar-refractivity contribution in [2.24, 2.45) is 5.41 Å². The van der Waals surface area contributed by atoms with Crippen molar-refractivity contribution in [3.05, 3.63) is 0 Å². The molecule has 0 bridgehead atoms. The molecular formula is C14H24N2O2. The van der Waals surface area contributed by atoms with Crippen molar-refractivity contribution in [3.8, 4) is 0 Å². The highest BCUT2D eigenvalue weighted by molar-refractivity contribution is 5.69. The molecule has 3 fully saturated rings. The maximum Gasteiger partial charge on any atom is 0.410 e. The zero-order valence-electron chi connectivity index (χ0n) is 11.7. The van der Waals surface area contributed by atoms with Crippen LogP contribution in [0.5, 0.6) is 0 Å². The summed E-state index contributed by atoms with van der Waals surface area (Å²) >= 11 is 0. The highest BCUT2D eigenvalue weighted by atomic mass is 16.6. The molecule has 4 heteroatoms. The fraction of sp³-hybridized carbons (Fsp3) is 0.929. The minimum atomic E-state index is -0.379. The first-order valence-electron chi connectivity index (χ1n) is 7.09. The SMILES string of the molecule is CC(C)(C)OC(=O)N1CC2(CC(NC3CC3)C2)C1. The van der Waals surface area contributed by atoms with Crippen LogP contribution in [-0.4, -0.2) is 41.8 Å². The van der Waals surface area contributed by atoms with E-state index in [0.717, 1.165) is 19.1 Å². The molecule has 0 aromatic carbocycles. The van der Waals surface area contributed by atoms with E-state index >= 15 is 0 Å². The third-order valence-electron chi connectivity index (χ3n) is 4.11. The molecule has 1 heterocycles. The number of ether oxygens (including phenoxy) is 1. The molecule has 1 amide bonds. The summed E-state index contributed by atoms with van der Waals surface area (Å²) in [5.41, 5.74) is 0.0407. The average molecular weight is 252 g/mol. The Labute approximate surface area is 109 Å². The van der Waals surface area contributed by atoms with Gasteiger partial charge in [0, 0.05) is 30.6 Å². The second kappa shape index (κ2) is 3.86. The Balaban J connectivity index is 1.39. The molecule has 1 N–H and O–H groups in total. The van der Waals surface area contributed by atoms with Gasteiger partial charge in [-0.1, -0.05) is 0 Å². The Bertz CT molecular complexity index is 343. The lowest BCUT2D eigenvalue weighted by atomic mass is 9.61. The summed E-state index contributed by atoms with van der Waals surface area (Å²) < 4.78 is 5.38. The molecule has 2 aliphatic carbocycles. The van der Waals surface area contributed by atoms with Crippen molar-refractivity contribution in [3.63, 3.8) is 0 Å². The van der Waals surface area contributed by atoms with Gasteiger partial charge in [0.1, 0.15) is 5.60 Å². The number of likely N-dealkylation sites (tertiary alicyclic amines) is 1. The van der Waals surface area contributed by atoms with Crippen LogP contribution in [0.15, 0.2) is 0 Å². The highest BCUT2D eigenvalue weighted by Crippen LogP contribution is 2.49. The van der Waals surface area contributed by atoms with Crippen LogP contribution in [0, 0.1) is 5.41 Å². The first kappa shape index (κ1) is 12.3. The molecule has 0 aromatic heterocycles. The Kier molecular flexibility index (Phi) is 2.63. The van der Waals surface area contributed by atoms with Gasteiger partial charge in [-0.2, -0.15) is 0 Å². The second-order valence-electron chi connectivity index (χ2n) is 7.38. The third-order valence-corrected chi connectivity index (χ3v) is 4.11. The van der Waals surface area contributed by atoms with Crippen LogP contribution in [0.4, 0.5) is 4.79 Å². The number of rotatable bonds is 2. The number of hydrogen-bond acceptors (Lipinski definition) is 3. The summed E-state index contributed by atoms with van der Waals surface area (Å²) in [6.07, 6.45) is 5.04. The number of hydrogen-bond donors (Lipinski definition) is 1. The molecule has 1 saturated heterocycles. The van der Waals surface area contributed by atoms with E-state index in [9.17, 15) is 4.79 Å². The van der Waals surface area contributed by atoms with Crippen LogP contribution < -0.4 is 5.32 Å². The van der Waals surface area contributed by atoms with E-state index in [0.29, 0.717) is 11.5 Å². The zero-order chi connectivity index (χ0) is 13.0. The van der Waals surface area contributed by atoms with Gasteiger partial charge in [-0.05, 0) is 46.5 Å². The molecule has 3 rings (SSSR count). The number of carbonyl (C=O) groups excluding carboxylic acids is 1. The summed E-state index contributed by atoms with van der Waals surface area (Å²) in [7, 11) is 0. The third kappa shape index (κ3) is 2.48. The number of nitrogens with zero attached hydrogens (tertiary/aromatic N) is 1. The van der Waals surface area contributed by atoms with Crippen molar-refractivity contribution >= 4 is 6.09 Å². The first-order valence-corrected chi connectivity index (χ1v) is 7.09. The molecule has 0 radical (unpaired) electrons. The van der Waals surface area contributed by atoms with Gasteiger partial charge in [0.25, 0.3) is 0 Å². The van der Waals surface area contributed by atoms with Crippen LogP contribution in [0.25, 0.3) is 0 Å². The number of amides is 1. The standard InChI is InChI=1S/C14H24N2O2/c1-13(2,3)18-12(17)16-8-14(9-16)6-11(7-14)15-10-4-5-10/h10-11,15H,4-9H2,1-3H3. The Morgan fingerprint density at radius 2 is 1.83 bits per heavy atom. The topological polar surface area (TPSA) is 41.6 Å². The fourth-order valence-corrected chi connectivity index (χ4v) is 3.16. The predicted octanol–water partition coefficient (Wildman–Crippen LogP) is 2.14. The second-order valence-corrected chi connectivity index (χ2v) is 7.38. The van der Waals surface area contributed by atoms with E-state index in [1.807, 2.05) is 25.7 Å². The predicted molar refractivity (Wildman–Crippen MR) is 69.4 cm³/mol. The molecule has 2 saturated carbocycles. The smallest absolute Gasteiger partial charge is 0.410 e. The first-order chi connectivity index (χ1) is 8.35. The van der Waals surface area contributed by atoms with Crippen LogP contribution in [0.2, 0.25) is 0 Å². The number of carbonyl (C=O) groups is 1. The van der Waals surface area contributed by atoms with E-state index in [-0.39, 0.29) is 11.7 Å². The van der Waals surface area contributed by atoms with E-state index in [2.05, 4.69) is 5.32 Å². The van der Waals surface area contributed by atoms with Gasteiger partial charge in [0.05, 0.1) is 0 Å². The Hall–Kier alpha value is -0.770. The van der Waals surface area contributed by atoms with Gasteiger partial charge in [0.2, 0.25) is 0 Å². The Morgan fingerprint density at radius 3 is 2.33 bits per heavy atom. The molecule has 102 valence electrons.